The summed E-state index contributed by atoms with van der Waals surface area (Å²) in [5.74, 6) is 0.454. The number of nitrogens with zero attached hydrogens (tertiary/aromatic N) is 2. The van der Waals surface area contributed by atoms with Crippen LogP contribution in [0.5, 0.6) is 0 Å². The van der Waals surface area contributed by atoms with Crippen molar-refractivity contribution >= 4 is 11.6 Å². The molecule has 0 saturated heterocycles. The summed E-state index contributed by atoms with van der Waals surface area (Å²) in [6.45, 7) is 6.95. The van der Waals surface area contributed by atoms with Crippen molar-refractivity contribution in [2.24, 2.45) is 18.4 Å². The fourth-order valence-electron chi connectivity index (χ4n) is 2.17. The number of hydrogen-bond donors (Lipinski definition) is 2. The lowest BCUT2D eigenvalue weighted by Gasteiger charge is -2.07. The summed E-state index contributed by atoms with van der Waals surface area (Å²) < 4.78 is 1.54. The number of rotatable bonds is 3. The molecule has 0 radical (unpaired) electrons. The predicted molar refractivity (Wildman–Crippen MR) is 66.6 cm³/mol. The molecule has 0 aliphatic heterocycles. The summed E-state index contributed by atoms with van der Waals surface area (Å²) in [4.78, 5) is 12.0. The van der Waals surface area contributed by atoms with Crippen molar-refractivity contribution in [2.45, 2.75) is 27.2 Å². The number of aromatic nitrogens is 2. The van der Waals surface area contributed by atoms with Crippen LogP contribution in [0.25, 0.3) is 0 Å². The lowest BCUT2D eigenvalue weighted by molar-refractivity contribution is 0.0942. The van der Waals surface area contributed by atoms with Gasteiger partial charge in [0, 0.05) is 13.6 Å². The molecular weight excluding hydrogens is 216 g/mol. The lowest BCUT2D eigenvalue weighted by atomic mass is 10.1. The summed E-state index contributed by atoms with van der Waals surface area (Å²) in [5.41, 5.74) is 7.84. The fraction of sp³-hybridized carbons (Fsp3) is 0.667. The van der Waals surface area contributed by atoms with Crippen LogP contribution in [0.15, 0.2) is 0 Å². The molecule has 1 atom stereocenters. The van der Waals surface area contributed by atoms with Crippen LogP contribution in [-0.2, 0) is 7.05 Å². The van der Waals surface area contributed by atoms with E-state index in [0.29, 0.717) is 28.4 Å². The highest BCUT2D eigenvalue weighted by Crippen LogP contribution is 2.50. The monoisotopic (exact) mass is 236 g/mol. The molecule has 1 aliphatic rings. The molecule has 1 unspecified atom stereocenters. The SMILES string of the molecule is Cc1nn(C)c(C(=O)NCC2CC2(C)C)c1N. The zero-order chi connectivity index (χ0) is 12.8. The minimum Gasteiger partial charge on any atom is -0.395 e. The van der Waals surface area contributed by atoms with Crippen molar-refractivity contribution in [1.82, 2.24) is 15.1 Å². The van der Waals surface area contributed by atoms with E-state index in [4.69, 9.17) is 5.73 Å². The summed E-state index contributed by atoms with van der Waals surface area (Å²) in [7, 11) is 1.74. The zero-order valence-electron chi connectivity index (χ0n) is 10.9. The fourth-order valence-corrected chi connectivity index (χ4v) is 2.17. The molecule has 1 heterocycles. The first kappa shape index (κ1) is 12.0. The van der Waals surface area contributed by atoms with Crippen molar-refractivity contribution in [3.8, 4) is 0 Å². The number of nitrogens with one attached hydrogen (secondary N) is 1. The molecule has 5 heteroatoms. The van der Waals surface area contributed by atoms with Gasteiger partial charge in [-0.05, 0) is 24.7 Å². The van der Waals surface area contributed by atoms with Gasteiger partial charge in [-0.25, -0.2) is 0 Å². The van der Waals surface area contributed by atoms with Crippen LogP contribution in [0.4, 0.5) is 5.69 Å². The van der Waals surface area contributed by atoms with Crippen molar-refractivity contribution in [1.29, 1.82) is 0 Å². The highest BCUT2D eigenvalue weighted by Gasteiger charge is 2.45. The Labute approximate surface area is 101 Å². The molecule has 1 aromatic rings. The predicted octanol–water partition coefficient (Wildman–Crippen LogP) is 1.09. The maximum atomic E-state index is 12.0. The van der Waals surface area contributed by atoms with E-state index in [2.05, 4.69) is 24.3 Å². The summed E-state index contributed by atoms with van der Waals surface area (Å²) in [5, 5.41) is 7.07. The molecule has 0 bridgehead atoms. The summed E-state index contributed by atoms with van der Waals surface area (Å²) in [6.07, 6.45) is 1.17. The van der Waals surface area contributed by atoms with Gasteiger partial charge in [-0.15, -0.1) is 0 Å². The Morgan fingerprint density at radius 1 is 1.65 bits per heavy atom. The number of hydrogen-bond acceptors (Lipinski definition) is 3. The number of anilines is 1. The second-order valence-electron chi connectivity index (χ2n) is 5.57. The minimum atomic E-state index is -0.131. The van der Waals surface area contributed by atoms with Crippen molar-refractivity contribution in [3.63, 3.8) is 0 Å². The maximum absolute atomic E-state index is 12.0. The lowest BCUT2D eigenvalue weighted by Crippen LogP contribution is -2.29. The molecule has 1 aliphatic carbocycles. The van der Waals surface area contributed by atoms with Crippen LogP contribution in [-0.4, -0.2) is 22.2 Å². The Balaban J connectivity index is 2.00. The van der Waals surface area contributed by atoms with Gasteiger partial charge in [0.25, 0.3) is 5.91 Å². The van der Waals surface area contributed by atoms with Gasteiger partial charge in [0.15, 0.2) is 0 Å². The van der Waals surface area contributed by atoms with Crippen molar-refractivity contribution < 1.29 is 4.79 Å². The maximum Gasteiger partial charge on any atom is 0.271 e. The molecule has 2 rings (SSSR count). The van der Waals surface area contributed by atoms with Crippen molar-refractivity contribution in [2.75, 3.05) is 12.3 Å². The van der Waals surface area contributed by atoms with Gasteiger partial charge in [0.2, 0.25) is 0 Å². The highest BCUT2D eigenvalue weighted by atomic mass is 16.2. The van der Waals surface area contributed by atoms with Crippen LogP contribution in [0.2, 0.25) is 0 Å². The van der Waals surface area contributed by atoms with E-state index in [1.54, 1.807) is 14.0 Å². The summed E-state index contributed by atoms with van der Waals surface area (Å²) >= 11 is 0. The Bertz CT molecular complexity index is 461. The molecule has 94 valence electrons. The highest BCUT2D eigenvalue weighted by molar-refractivity contribution is 5.97. The van der Waals surface area contributed by atoms with E-state index < -0.39 is 0 Å². The first-order valence-corrected chi connectivity index (χ1v) is 5.90. The van der Waals surface area contributed by atoms with Gasteiger partial charge in [-0.3, -0.25) is 9.48 Å². The normalized spacial score (nSPS) is 21.3. The van der Waals surface area contributed by atoms with Crippen LogP contribution in [0, 0.1) is 18.3 Å². The van der Waals surface area contributed by atoms with Gasteiger partial charge in [0.05, 0.1) is 11.4 Å². The van der Waals surface area contributed by atoms with Crippen molar-refractivity contribution in [3.05, 3.63) is 11.4 Å². The average Bonchev–Trinajstić information content (AvgIpc) is 2.74. The van der Waals surface area contributed by atoms with Gasteiger partial charge in [-0.1, -0.05) is 13.8 Å². The van der Waals surface area contributed by atoms with Crippen LogP contribution in [0.1, 0.15) is 36.5 Å². The number of carbonyl (C=O) groups is 1. The third kappa shape index (κ3) is 2.14. The number of nitrogen functional groups attached to an aromatic ring is 1. The second kappa shape index (κ2) is 3.75. The molecule has 1 aromatic heterocycles. The second-order valence-corrected chi connectivity index (χ2v) is 5.57. The Hall–Kier alpha value is -1.52. The quantitative estimate of drug-likeness (QED) is 0.825. The molecule has 17 heavy (non-hydrogen) atoms. The molecule has 0 aromatic carbocycles. The largest absolute Gasteiger partial charge is 0.395 e. The van der Waals surface area contributed by atoms with Crippen LogP contribution >= 0.6 is 0 Å². The summed E-state index contributed by atoms with van der Waals surface area (Å²) in [6, 6.07) is 0. The number of amides is 1. The molecule has 1 fully saturated rings. The first-order valence-electron chi connectivity index (χ1n) is 5.90. The molecule has 1 amide bonds. The smallest absolute Gasteiger partial charge is 0.271 e. The third-order valence-electron chi connectivity index (χ3n) is 3.71. The molecule has 0 spiro atoms. The van der Waals surface area contributed by atoms with E-state index >= 15 is 0 Å². The van der Waals surface area contributed by atoms with E-state index in [1.807, 2.05) is 0 Å². The minimum absolute atomic E-state index is 0.131. The Morgan fingerprint density at radius 3 is 2.65 bits per heavy atom. The topological polar surface area (TPSA) is 72.9 Å². The number of nitrogens with two attached hydrogens (primary N) is 1. The number of carbonyl (C=O) groups excluding carboxylic acids is 1. The first-order chi connectivity index (χ1) is 7.83. The standard InChI is InChI=1S/C12H20N4O/c1-7-9(13)10(16(4)15-7)11(17)14-6-8-5-12(8,2)3/h8H,5-6,13H2,1-4H3,(H,14,17). The van der Waals surface area contributed by atoms with Crippen LogP contribution < -0.4 is 11.1 Å². The van der Waals surface area contributed by atoms with Gasteiger partial charge in [-0.2, -0.15) is 5.10 Å². The van der Waals surface area contributed by atoms with Gasteiger partial charge in [0.1, 0.15) is 5.69 Å². The average molecular weight is 236 g/mol. The van der Waals surface area contributed by atoms with Gasteiger partial charge < -0.3 is 11.1 Å². The van der Waals surface area contributed by atoms with E-state index in [0.717, 1.165) is 6.54 Å². The number of aryl methyl sites for hydroxylation is 2. The molecule has 1 saturated carbocycles. The zero-order valence-corrected chi connectivity index (χ0v) is 10.9. The van der Waals surface area contributed by atoms with E-state index in [-0.39, 0.29) is 5.91 Å². The van der Waals surface area contributed by atoms with Crippen LogP contribution in [0.3, 0.4) is 0 Å². The molecule has 5 nitrogen and oxygen atoms in total. The third-order valence-corrected chi connectivity index (χ3v) is 3.71. The Kier molecular flexibility index (Phi) is 2.64. The molecular formula is C12H20N4O. The van der Waals surface area contributed by atoms with E-state index in [1.165, 1.54) is 11.1 Å². The Morgan fingerprint density at radius 2 is 2.24 bits per heavy atom. The molecule has 3 N–H and O–H groups in total. The van der Waals surface area contributed by atoms with Gasteiger partial charge >= 0.3 is 0 Å². The van der Waals surface area contributed by atoms with E-state index in [9.17, 15) is 4.79 Å².